The van der Waals surface area contributed by atoms with Gasteiger partial charge in [0.1, 0.15) is 0 Å². The quantitative estimate of drug-likeness (QED) is 0.748. The molecule has 0 spiro atoms. The van der Waals surface area contributed by atoms with Crippen molar-refractivity contribution in [3.05, 3.63) is 53.8 Å². The van der Waals surface area contributed by atoms with Gasteiger partial charge in [0.05, 0.1) is 12.2 Å². The maximum absolute atomic E-state index is 4.51. The van der Waals surface area contributed by atoms with Crippen molar-refractivity contribution in [3.63, 3.8) is 0 Å². The number of aromatic nitrogens is 2. The zero-order chi connectivity index (χ0) is 10.8. The number of nitrogens with one attached hydrogen (secondary N) is 1. The lowest BCUT2D eigenvalue weighted by molar-refractivity contribution is 1.08. The van der Waals surface area contributed by atoms with Crippen LogP contribution in [0.5, 0.6) is 0 Å². The Labute approximate surface area is 97.4 Å². The molecule has 0 unspecified atom stereocenters. The Balaban J connectivity index is 1.74. The first-order valence-corrected chi connectivity index (χ1v) is 6.00. The lowest BCUT2D eigenvalue weighted by Crippen LogP contribution is -1.98. The number of para-hydroxylation sites is 1. The first-order valence-electron chi connectivity index (χ1n) is 5.12. The summed E-state index contributed by atoms with van der Waals surface area (Å²) in [5, 5.41) is 5.38. The van der Waals surface area contributed by atoms with Gasteiger partial charge in [-0.1, -0.05) is 18.2 Å². The molecule has 0 aliphatic heterocycles. The number of hydrogen-bond acceptors (Lipinski definition) is 3. The summed E-state index contributed by atoms with van der Waals surface area (Å²) in [6.45, 7) is 0.762. The number of imidazole rings is 1. The minimum absolute atomic E-state index is 0.762. The molecule has 0 aliphatic rings. The highest BCUT2D eigenvalue weighted by molar-refractivity contribution is 7.15. The largest absolute Gasteiger partial charge is 0.379 e. The third-order valence-electron chi connectivity index (χ3n) is 2.39. The first-order chi connectivity index (χ1) is 7.92. The molecule has 4 heteroatoms. The molecule has 0 saturated heterocycles. The van der Waals surface area contributed by atoms with Crippen LogP contribution in [0.25, 0.3) is 4.96 Å². The first kappa shape index (κ1) is 9.42. The summed E-state index contributed by atoms with van der Waals surface area (Å²) in [7, 11) is 0. The second-order valence-corrected chi connectivity index (χ2v) is 4.42. The summed E-state index contributed by atoms with van der Waals surface area (Å²) in [5.74, 6) is 0. The Morgan fingerprint density at radius 1 is 1.25 bits per heavy atom. The second kappa shape index (κ2) is 3.98. The number of nitrogens with zero attached hydrogens (tertiary/aromatic N) is 2. The molecule has 1 aromatic carbocycles. The molecule has 3 nitrogen and oxygen atoms in total. The summed E-state index contributed by atoms with van der Waals surface area (Å²) in [4.78, 5) is 5.55. The van der Waals surface area contributed by atoms with Crippen LogP contribution >= 0.6 is 11.3 Å². The molecule has 0 atom stereocenters. The van der Waals surface area contributed by atoms with Crippen molar-refractivity contribution < 1.29 is 0 Å². The fourth-order valence-electron chi connectivity index (χ4n) is 1.61. The van der Waals surface area contributed by atoms with Crippen LogP contribution < -0.4 is 5.32 Å². The summed E-state index contributed by atoms with van der Waals surface area (Å²) in [5.41, 5.74) is 2.19. The maximum Gasteiger partial charge on any atom is 0.193 e. The van der Waals surface area contributed by atoms with E-state index in [2.05, 4.69) is 28.6 Å². The third kappa shape index (κ3) is 1.79. The predicted octanol–water partition coefficient (Wildman–Crippen LogP) is 3.01. The Bertz CT molecular complexity index is 554. The summed E-state index contributed by atoms with van der Waals surface area (Å²) >= 11 is 1.65. The smallest absolute Gasteiger partial charge is 0.193 e. The highest BCUT2D eigenvalue weighted by atomic mass is 32.1. The molecule has 2 heterocycles. The van der Waals surface area contributed by atoms with Gasteiger partial charge in [-0.3, -0.25) is 4.40 Å². The molecule has 0 radical (unpaired) electrons. The van der Waals surface area contributed by atoms with Gasteiger partial charge >= 0.3 is 0 Å². The second-order valence-electron chi connectivity index (χ2n) is 3.54. The van der Waals surface area contributed by atoms with Crippen LogP contribution in [0.4, 0.5) is 5.69 Å². The van der Waals surface area contributed by atoms with Crippen molar-refractivity contribution in [2.45, 2.75) is 6.54 Å². The van der Waals surface area contributed by atoms with Crippen LogP contribution in [0.2, 0.25) is 0 Å². The zero-order valence-corrected chi connectivity index (χ0v) is 9.45. The van der Waals surface area contributed by atoms with E-state index in [0.717, 1.165) is 22.9 Å². The predicted molar refractivity (Wildman–Crippen MR) is 66.8 cm³/mol. The Morgan fingerprint density at radius 2 is 2.12 bits per heavy atom. The topological polar surface area (TPSA) is 29.3 Å². The van der Waals surface area contributed by atoms with Crippen molar-refractivity contribution in [1.82, 2.24) is 9.38 Å². The average Bonchev–Trinajstić information content (AvgIpc) is 2.88. The van der Waals surface area contributed by atoms with Crippen molar-refractivity contribution in [2.24, 2.45) is 0 Å². The van der Waals surface area contributed by atoms with Crippen molar-refractivity contribution in [2.75, 3.05) is 5.32 Å². The SMILES string of the molecule is c1ccc(NCc2cn3ccsc3n2)cc1. The average molecular weight is 229 g/mol. The summed E-state index contributed by atoms with van der Waals surface area (Å²) in [6.07, 6.45) is 4.08. The van der Waals surface area contributed by atoms with Gasteiger partial charge < -0.3 is 5.32 Å². The maximum atomic E-state index is 4.51. The number of fused-ring (bicyclic) bond motifs is 1. The van der Waals surface area contributed by atoms with E-state index in [1.807, 2.05) is 34.2 Å². The van der Waals surface area contributed by atoms with E-state index in [0.29, 0.717) is 0 Å². The molecule has 16 heavy (non-hydrogen) atoms. The van der Waals surface area contributed by atoms with Crippen LogP contribution in [0.3, 0.4) is 0 Å². The number of benzene rings is 1. The van der Waals surface area contributed by atoms with Gasteiger partial charge in [-0.05, 0) is 12.1 Å². The number of rotatable bonds is 3. The molecule has 3 rings (SSSR count). The van der Waals surface area contributed by atoms with Gasteiger partial charge in [-0.2, -0.15) is 0 Å². The number of thiazole rings is 1. The molecule has 3 aromatic rings. The number of anilines is 1. The lowest BCUT2D eigenvalue weighted by Gasteiger charge is -2.02. The van der Waals surface area contributed by atoms with E-state index in [1.54, 1.807) is 11.3 Å². The Hall–Kier alpha value is -1.81. The minimum atomic E-state index is 0.762. The Morgan fingerprint density at radius 3 is 2.94 bits per heavy atom. The molecule has 0 saturated carbocycles. The zero-order valence-electron chi connectivity index (χ0n) is 8.63. The van der Waals surface area contributed by atoms with Crippen LogP contribution in [0, 0.1) is 0 Å². The number of hydrogen-bond donors (Lipinski definition) is 1. The van der Waals surface area contributed by atoms with Gasteiger partial charge in [-0.15, -0.1) is 11.3 Å². The van der Waals surface area contributed by atoms with Crippen LogP contribution in [-0.4, -0.2) is 9.38 Å². The van der Waals surface area contributed by atoms with Crippen LogP contribution in [0.1, 0.15) is 5.69 Å². The molecule has 0 amide bonds. The highest BCUT2D eigenvalue weighted by Crippen LogP contribution is 2.13. The summed E-state index contributed by atoms with van der Waals surface area (Å²) < 4.78 is 2.05. The highest BCUT2D eigenvalue weighted by Gasteiger charge is 2.01. The van der Waals surface area contributed by atoms with Crippen molar-refractivity contribution in [3.8, 4) is 0 Å². The monoisotopic (exact) mass is 229 g/mol. The minimum Gasteiger partial charge on any atom is -0.379 e. The molecule has 2 aromatic heterocycles. The van der Waals surface area contributed by atoms with Gasteiger partial charge in [0.15, 0.2) is 4.96 Å². The molecule has 0 aliphatic carbocycles. The fraction of sp³-hybridized carbons (Fsp3) is 0.0833. The fourth-order valence-corrected chi connectivity index (χ4v) is 2.33. The van der Waals surface area contributed by atoms with E-state index in [9.17, 15) is 0 Å². The van der Waals surface area contributed by atoms with Gasteiger partial charge in [0, 0.05) is 23.5 Å². The van der Waals surface area contributed by atoms with E-state index in [4.69, 9.17) is 0 Å². The van der Waals surface area contributed by atoms with Crippen molar-refractivity contribution in [1.29, 1.82) is 0 Å². The van der Waals surface area contributed by atoms with Crippen LogP contribution in [0.15, 0.2) is 48.1 Å². The van der Waals surface area contributed by atoms with Gasteiger partial charge in [0.2, 0.25) is 0 Å². The normalized spacial score (nSPS) is 10.8. The molecular formula is C12H11N3S. The molecule has 1 N–H and O–H groups in total. The van der Waals surface area contributed by atoms with E-state index in [-0.39, 0.29) is 0 Å². The molecular weight excluding hydrogens is 218 g/mol. The van der Waals surface area contributed by atoms with E-state index >= 15 is 0 Å². The van der Waals surface area contributed by atoms with Gasteiger partial charge in [-0.25, -0.2) is 4.98 Å². The van der Waals surface area contributed by atoms with Crippen molar-refractivity contribution >= 4 is 22.0 Å². The van der Waals surface area contributed by atoms with E-state index in [1.165, 1.54) is 0 Å². The standard InChI is InChI=1S/C12H11N3S/c1-2-4-10(5-3-1)13-8-11-9-15-6-7-16-12(15)14-11/h1-7,9,13H,8H2. The molecule has 80 valence electrons. The molecule has 0 bridgehead atoms. The van der Waals surface area contributed by atoms with Gasteiger partial charge in [0.25, 0.3) is 0 Å². The lowest BCUT2D eigenvalue weighted by atomic mass is 10.3. The third-order valence-corrected chi connectivity index (χ3v) is 3.16. The summed E-state index contributed by atoms with van der Waals surface area (Å²) in [6, 6.07) is 10.2. The Kier molecular flexibility index (Phi) is 2.34. The van der Waals surface area contributed by atoms with E-state index < -0.39 is 0 Å². The van der Waals surface area contributed by atoms with Crippen LogP contribution in [-0.2, 0) is 6.54 Å². The molecule has 0 fully saturated rings.